The Hall–Kier alpha value is -2.87. The van der Waals surface area contributed by atoms with E-state index in [0.29, 0.717) is 29.7 Å². The van der Waals surface area contributed by atoms with Crippen molar-refractivity contribution in [2.24, 2.45) is 4.99 Å². The number of carbonyl (C=O) groups is 2. The molecule has 1 N–H and O–H groups in total. The van der Waals surface area contributed by atoms with Crippen LogP contribution in [0, 0.1) is 5.82 Å². The lowest BCUT2D eigenvalue weighted by atomic mass is 10.2. The Kier molecular flexibility index (Phi) is 7.46. The molecule has 0 aliphatic carbocycles. The third kappa shape index (κ3) is 5.60. The van der Waals surface area contributed by atoms with Gasteiger partial charge in [0.25, 0.3) is 0 Å². The lowest BCUT2D eigenvalue weighted by Crippen LogP contribution is -2.33. The summed E-state index contributed by atoms with van der Waals surface area (Å²) in [5.41, 5.74) is 1.07. The van der Waals surface area contributed by atoms with E-state index in [1.54, 1.807) is 36.4 Å². The topological polar surface area (TPSA) is 71.0 Å². The average Bonchev–Trinajstić information content (AvgIpc) is 3.01. The first-order valence-electron chi connectivity index (χ1n) is 9.85. The summed E-state index contributed by atoms with van der Waals surface area (Å²) >= 11 is 1.23. The molecule has 1 heterocycles. The summed E-state index contributed by atoms with van der Waals surface area (Å²) in [5, 5.41) is 2.72. The van der Waals surface area contributed by atoms with Crippen molar-refractivity contribution in [3.8, 4) is 5.75 Å². The van der Waals surface area contributed by atoms with Gasteiger partial charge in [0, 0.05) is 18.7 Å². The maximum absolute atomic E-state index is 13.4. The van der Waals surface area contributed by atoms with Gasteiger partial charge in [-0.3, -0.25) is 14.5 Å². The highest BCUT2D eigenvalue weighted by molar-refractivity contribution is 8.15. The Labute approximate surface area is 179 Å². The molecule has 1 fully saturated rings. The molecule has 2 aromatic rings. The minimum atomic E-state index is -0.565. The Bertz CT molecular complexity index is 933. The van der Waals surface area contributed by atoms with Gasteiger partial charge in [0.15, 0.2) is 5.17 Å². The summed E-state index contributed by atoms with van der Waals surface area (Å²) in [7, 11) is 0. The quantitative estimate of drug-likeness (QED) is 0.666. The van der Waals surface area contributed by atoms with Gasteiger partial charge < -0.3 is 10.1 Å². The van der Waals surface area contributed by atoms with Crippen molar-refractivity contribution in [2.45, 2.75) is 31.9 Å². The Morgan fingerprint density at radius 3 is 2.67 bits per heavy atom. The van der Waals surface area contributed by atoms with Crippen LogP contribution in [0.25, 0.3) is 0 Å². The number of amidine groups is 1. The maximum atomic E-state index is 13.4. The number of nitrogens with zero attached hydrogens (tertiary/aromatic N) is 2. The lowest BCUT2D eigenvalue weighted by molar-refractivity contribution is -0.128. The van der Waals surface area contributed by atoms with E-state index in [4.69, 9.17) is 4.74 Å². The van der Waals surface area contributed by atoms with Gasteiger partial charge in [-0.25, -0.2) is 9.38 Å². The van der Waals surface area contributed by atoms with Crippen LogP contribution in [0.4, 0.5) is 15.8 Å². The lowest BCUT2D eigenvalue weighted by Gasteiger charge is -2.13. The van der Waals surface area contributed by atoms with Crippen LogP contribution >= 0.6 is 11.8 Å². The zero-order valence-corrected chi connectivity index (χ0v) is 17.7. The first-order valence-corrected chi connectivity index (χ1v) is 10.7. The molecule has 0 bridgehead atoms. The number of rotatable bonds is 8. The van der Waals surface area contributed by atoms with Crippen LogP contribution in [-0.2, 0) is 9.59 Å². The van der Waals surface area contributed by atoms with E-state index in [0.717, 1.165) is 12.2 Å². The zero-order valence-electron chi connectivity index (χ0n) is 16.9. The van der Waals surface area contributed by atoms with E-state index in [-0.39, 0.29) is 18.2 Å². The normalized spacial score (nSPS) is 17.4. The number of hydrogen-bond acceptors (Lipinski definition) is 5. The van der Waals surface area contributed by atoms with Crippen molar-refractivity contribution >= 4 is 40.1 Å². The Morgan fingerprint density at radius 1 is 1.23 bits per heavy atom. The number of halogens is 1. The van der Waals surface area contributed by atoms with Gasteiger partial charge in [-0.1, -0.05) is 24.8 Å². The molecular weight excluding hydrogens is 405 g/mol. The predicted molar refractivity (Wildman–Crippen MR) is 118 cm³/mol. The van der Waals surface area contributed by atoms with Crippen molar-refractivity contribution in [1.29, 1.82) is 0 Å². The molecule has 0 spiro atoms. The summed E-state index contributed by atoms with van der Waals surface area (Å²) in [6, 6.07) is 13.0. The van der Waals surface area contributed by atoms with Crippen LogP contribution in [0.1, 0.15) is 26.7 Å². The molecule has 1 aliphatic heterocycles. The fourth-order valence-electron chi connectivity index (χ4n) is 2.91. The van der Waals surface area contributed by atoms with Gasteiger partial charge in [0.05, 0.1) is 12.3 Å². The molecule has 1 saturated heterocycles. The van der Waals surface area contributed by atoms with E-state index in [9.17, 15) is 14.0 Å². The van der Waals surface area contributed by atoms with E-state index < -0.39 is 11.1 Å². The number of aliphatic imine (C=N–C) groups is 1. The van der Waals surface area contributed by atoms with Crippen LogP contribution in [0.2, 0.25) is 0 Å². The van der Waals surface area contributed by atoms with Gasteiger partial charge >= 0.3 is 0 Å². The molecule has 0 saturated carbocycles. The second-order valence-corrected chi connectivity index (χ2v) is 7.86. The highest BCUT2D eigenvalue weighted by Crippen LogP contribution is 2.32. The van der Waals surface area contributed by atoms with E-state index in [2.05, 4.69) is 10.3 Å². The van der Waals surface area contributed by atoms with Gasteiger partial charge in [0.2, 0.25) is 11.8 Å². The van der Waals surface area contributed by atoms with Gasteiger partial charge in [-0.05, 0) is 55.8 Å². The van der Waals surface area contributed by atoms with Gasteiger partial charge in [0.1, 0.15) is 16.8 Å². The largest absolute Gasteiger partial charge is 0.494 e. The number of ether oxygens (including phenoxy) is 1. The van der Waals surface area contributed by atoms with Crippen molar-refractivity contribution in [3.63, 3.8) is 0 Å². The predicted octanol–water partition coefficient (Wildman–Crippen LogP) is 4.59. The Balaban J connectivity index is 1.63. The van der Waals surface area contributed by atoms with Crippen molar-refractivity contribution in [2.75, 3.05) is 18.5 Å². The number of nitrogens with one attached hydrogen (secondary N) is 1. The molecule has 2 amide bonds. The number of hydrogen-bond donors (Lipinski definition) is 1. The van der Waals surface area contributed by atoms with E-state index >= 15 is 0 Å². The summed E-state index contributed by atoms with van der Waals surface area (Å²) in [4.78, 5) is 31.1. The van der Waals surface area contributed by atoms with Crippen LogP contribution in [0.3, 0.4) is 0 Å². The summed E-state index contributed by atoms with van der Waals surface area (Å²) in [6.07, 6.45) is 0.946. The standard InChI is InChI=1S/C22H24FN3O3S/c1-3-12-29-18-10-8-16(9-11-18)24-20(27)14-19-21(28)26(4-2)22(30-19)25-17-7-5-6-15(23)13-17/h5-11,13,19H,3-4,12,14H2,1-2H3,(H,24,27). The molecule has 1 atom stereocenters. The SMILES string of the molecule is CCCOc1ccc(NC(=O)CC2SC(=Nc3cccc(F)c3)N(CC)C2=O)cc1. The fourth-order valence-corrected chi connectivity index (χ4v) is 4.13. The van der Waals surface area contributed by atoms with Gasteiger partial charge in [-0.15, -0.1) is 0 Å². The molecule has 8 heteroatoms. The van der Waals surface area contributed by atoms with Crippen LogP contribution in [0.5, 0.6) is 5.75 Å². The highest BCUT2D eigenvalue weighted by atomic mass is 32.2. The smallest absolute Gasteiger partial charge is 0.242 e. The average molecular weight is 430 g/mol. The number of amides is 2. The second-order valence-electron chi connectivity index (χ2n) is 6.69. The molecule has 158 valence electrons. The van der Waals surface area contributed by atoms with Crippen molar-refractivity contribution < 1.29 is 18.7 Å². The monoisotopic (exact) mass is 429 g/mol. The number of carbonyl (C=O) groups excluding carboxylic acids is 2. The molecular formula is C22H24FN3O3S. The minimum Gasteiger partial charge on any atom is -0.494 e. The zero-order chi connectivity index (χ0) is 21.5. The minimum absolute atomic E-state index is 0.0241. The Morgan fingerprint density at radius 2 is 2.00 bits per heavy atom. The van der Waals surface area contributed by atoms with Crippen molar-refractivity contribution in [1.82, 2.24) is 4.90 Å². The molecule has 1 aliphatic rings. The van der Waals surface area contributed by atoms with Gasteiger partial charge in [-0.2, -0.15) is 0 Å². The molecule has 0 aromatic heterocycles. The first-order chi connectivity index (χ1) is 14.5. The third-order valence-corrected chi connectivity index (χ3v) is 5.53. The fraction of sp³-hybridized carbons (Fsp3) is 0.318. The summed E-state index contributed by atoms with van der Waals surface area (Å²) in [5.74, 6) is -0.0771. The molecule has 2 aromatic carbocycles. The molecule has 30 heavy (non-hydrogen) atoms. The van der Waals surface area contributed by atoms with Crippen LogP contribution < -0.4 is 10.1 Å². The summed E-state index contributed by atoms with van der Waals surface area (Å²) < 4.78 is 18.9. The maximum Gasteiger partial charge on any atom is 0.242 e. The van der Waals surface area contributed by atoms with Crippen molar-refractivity contribution in [3.05, 3.63) is 54.3 Å². The molecule has 1 unspecified atom stereocenters. The molecule has 6 nitrogen and oxygen atoms in total. The third-order valence-electron chi connectivity index (χ3n) is 4.35. The second kappa shape index (κ2) is 10.2. The first kappa shape index (κ1) is 21.8. The summed E-state index contributed by atoms with van der Waals surface area (Å²) in [6.45, 7) is 4.94. The molecule has 0 radical (unpaired) electrons. The van der Waals surface area contributed by atoms with E-state index in [1.807, 2.05) is 13.8 Å². The van der Waals surface area contributed by atoms with Crippen LogP contribution in [0.15, 0.2) is 53.5 Å². The number of anilines is 1. The molecule has 3 rings (SSSR count). The number of thioether (sulfide) groups is 1. The number of benzene rings is 2. The van der Waals surface area contributed by atoms with Crippen LogP contribution in [-0.4, -0.2) is 40.3 Å². The highest BCUT2D eigenvalue weighted by Gasteiger charge is 2.38. The van der Waals surface area contributed by atoms with E-state index in [1.165, 1.54) is 28.8 Å².